The van der Waals surface area contributed by atoms with Crippen molar-refractivity contribution in [2.45, 2.75) is 39.5 Å². The molecule has 0 radical (unpaired) electrons. The Balaban J connectivity index is 2.97. The second kappa shape index (κ2) is 4.79. The molecule has 0 saturated carbocycles. The number of rotatable bonds is 4. The molecular weight excluding hydrogens is 206 g/mol. The minimum atomic E-state index is -0.220. The first-order valence-corrected chi connectivity index (χ1v) is 6.14. The molecule has 1 aromatic heterocycles. The largest absolute Gasteiger partial charge is 0.369 e. The van der Waals surface area contributed by atoms with E-state index in [2.05, 4.69) is 19.9 Å². The lowest BCUT2D eigenvalue weighted by atomic mass is 9.94. The SMILES string of the molecule is CC(C)c1ccc(C(C(N)=O)C(C)C)s1. The smallest absolute Gasteiger partial charge is 0.226 e. The zero-order chi connectivity index (χ0) is 11.6. The molecule has 1 aromatic rings. The molecule has 1 amide bonds. The molecule has 1 unspecified atom stereocenters. The van der Waals surface area contributed by atoms with E-state index in [4.69, 9.17) is 5.73 Å². The number of hydrogen-bond acceptors (Lipinski definition) is 2. The Hall–Kier alpha value is -0.830. The summed E-state index contributed by atoms with van der Waals surface area (Å²) in [4.78, 5) is 13.8. The number of carbonyl (C=O) groups is 1. The summed E-state index contributed by atoms with van der Waals surface area (Å²) in [5, 5.41) is 0. The molecule has 0 aliphatic rings. The van der Waals surface area contributed by atoms with E-state index >= 15 is 0 Å². The maximum Gasteiger partial charge on any atom is 0.226 e. The first kappa shape index (κ1) is 12.2. The molecule has 1 heterocycles. The van der Waals surface area contributed by atoms with Gasteiger partial charge in [-0.15, -0.1) is 11.3 Å². The van der Waals surface area contributed by atoms with Crippen LogP contribution in [0.2, 0.25) is 0 Å². The Morgan fingerprint density at radius 2 is 1.73 bits per heavy atom. The van der Waals surface area contributed by atoms with Gasteiger partial charge in [-0.2, -0.15) is 0 Å². The van der Waals surface area contributed by atoms with Crippen LogP contribution in [0.1, 0.15) is 49.3 Å². The van der Waals surface area contributed by atoms with Crippen LogP contribution >= 0.6 is 11.3 Å². The van der Waals surface area contributed by atoms with E-state index in [-0.39, 0.29) is 17.7 Å². The van der Waals surface area contributed by atoms with Crippen LogP contribution in [0.4, 0.5) is 0 Å². The third-order valence-corrected chi connectivity index (χ3v) is 3.97. The number of carbonyl (C=O) groups excluding carboxylic acids is 1. The molecule has 1 rings (SSSR count). The van der Waals surface area contributed by atoms with Crippen molar-refractivity contribution >= 4 is 17.2 Å². The van der Waals surface area contributed by atoms with Gasteiger partial charge in [0.25, 0.3) is 0 Å². The first-order chi connectivity index (χ1) is 6.93. The number of primary amides is 1. The standard InChI is InChI=1S/C12H19NOS/c1-7(2)9-5-6-10(15-9)11(8(3)4)12(13)14/h5-8,11H,1-4H3,(H2,13,14). The van der Waals surface area contributed by atoms with Crippen LogP contribution in [0.15, 0.2) is 12.1 Å². The third-order valence-electron chi connectivity index (χ3n) is 2.50. The van der Waals surface area contributed by atoms with Gasteiger partial charge in [0.2, 0.25) is 5.91 Å². The number of amides is 1. The van der Waals surface area contributed by atoms with Crippen molar-refractivity contribution in [3.63, 3.8) is 0 Å². The molecule has 0 aromatic carbocycles. The van der Waals surface area contributed by atoms with Gasteiger partial charge in [0.1, 0.15) is 0 Å². The molecule has 0 aliphatic heterocycles. The Morgan fingerprint density at radius 1 is 1.20 bits per heavy atom. The lowest BCUT2D eigenvalue weighted by Crippen LogP contribution is -2.24. The molecule has 0 bridgehead atoms. The van der Waals surface area contributed by atoms with Gasteiger partial charge in [-0.3, -0.25) is 4.79 Å². The van der Waals surface area contributed by atoms with Crippen molar-refractivity contribution in [3.8, 4) is 0 Å². The molecule has 1 atom stereocenters. The normalized spacial score (nSPS) is 13.5. The minimum Gasteiger partial charge on any atom is -0.369 e. The zero-order valence-corrected chi connectivity index (χ0v) is 10.6. The Bertz CT molecular complexity index is 341. The molecule has 0 spiro atoms. The van der Waals surface area contributed by atoms with Crippen molar-refractivity contribution in [2.24, 2.45) is 11.7 Å². The van der Waals surface area contributed by atoms with Crippen molar-refractivity contribution < 1.29 is 4.79 Å². The molecule has 3 heteroatoms. The summed E-state index contributed by atoms with van der Waals surface area (Å²) in [5.41, 5.74) is 5.42. The maximum absolute atomic E-state index is 11.3. The van der Waals surface area contributed by atoms with Crippen molar-refractivity contribution in [1.29, 1.82) is 0 Å². The van der Waals surface area contributed by atoms with Crippen LogP contribution in [0.5, 0.6) is 0 Å². The van der Waals surface area contributed by atoms with Crippen LogP contribution in [0, 0.1) is 5.92 Å². The van der Waals surface area contributed by atoms with E-state index in [0.717, 1.165) is 4.88 Å². The molecular formula is C12H19NOS. The third kappa shape index (κ3) is 2.81. The van der Waals surface area contributed by atoms with Crippen molar-refractivity contribution in [2.75, 3.05) is 0 Å². The van der Waals surface area contributed by atoms with Gasteiger partial charge < -0.3 is 5.73 Å². The van der Waals surface area contributed by atoms with E-state index in [1.54, 1.807) is 11.3 Å². The van der Waals surface area contributed by atoms with Crippen molar-refractivity contribution in [1.82, 2.24) is 0 Å². The fourth-order valence-electron chi connectivity index (χ4n) is 1.64. The monoisotopic (exact) mass is 225 g/mol. The highest BCUT2D eigenvalue weighted by Crippen LogP contribution is 2.33. The van der Waals surface area contributed by atoms with E-state index in [1.807, 2.05) is 19.9 Å². The summed E-state index contributed by atoms with van der Waals surface area (Å²) in [6, 6.07) is 4.14. The molecule has 0 fully saturated rings. The van der Waals surface area contributed by atoms with Crippen molar-refractivity contribution in [3.05, 3.63) is 21.9 Å². The molecule has 2 N–H and O–H groups in total. The van der Waals surface area contributed by atoms with Crippen LogP contribution < -0.4 is 5.73 Å². The number of hydrogen-bond donors (Lipinski definition) is 1. The van der Waals surface area contributed by atoms with Crippen LogP contribution in [-0.4, -0.2) is 5.91 Å². The van der Waals surface area contributed by atoms with Gasteiger partial charge >= 0.3 is 0 Å². The summed E-state index contributed by atoms with van der Waals surface area (Å²) in [7, 11) is 0. The Morgan fingerprint density at radius 3 is 2.07 bits per heavy atom. The number of thiophene rings is 1. The summed E-state index contributed by atoms with van der Waals surface area (Å²) in [5.74, 6) is 0.426. The van der Waals surface area contributed by atoms with E-state index < -0.39 is 0 Å². The molecule has 0 aliphatic carbocycles. The van der Waals surface area contributed by atoms with E-state index in [0.29, 0.717) is 5.92 Å². The average molecular weight is 225 g/mol. The minimum absolute atomic E-state index is 0.137. The second-order valence-corrected chi connectivity index (χ2v) is 5.67. The number of nitrogens with two attached hydrogens (primary N) is 1. The predicted octanol–water partition coefficient (Wildman–Crippen LogP) is 3.10. The van der Waals surface area contributed by atoms with Gasteiger partial charge in [-0.05, 0) is 24.0 Å². The summed E-state index contributed by atoms with van der Waals surface area (Å²) in [6.45, 7) is 8.38. The molecule has 84 valence electrons. The van der Waals surface area contributed by atoms with E-state index in [9.17, 15) is 4.79 Å². The summed E-state index contributed by atoms with van der Waals surface area (Å²) < 4.78 is 0. The predicted molar refractivity (Wildman–Crippen MR) is 65.2 cm³/mol. The summed E-state index contributed by atoms with van der Waals surface area (Å²) in [6.07, 6.45) is 0. The second-order valence-electron chi connectivity index (χ2n) is 4.52. The van der Waals surface area contributed by atoms with Crippen LogP contribution in [0.3, 0.4) is 0 Å². The molecule has 15 heavy (non-hydrogen) atoms. The topological polar surface area (TPSA) is 43.1 Å². The highest BCUT2D eigenvalue weighted by Gasteiger charge is 2.23. The Labute approximate surface area is 95.5 Å². The fourth-order valence-corrected chi connectivity index (χ4v) is 2.94. The lowest BCUT2D eigenvalue weighted by molar-refractivity contribution is -0.120. The average Bonchev–Trinajstić information content (AvgIpc) is 2.51. The Kier molecular flexibility index (Phi) is 3.91. The van der Waals surface area contributed by atoms with Crippen LogP contribution in [-0.2, 0) is 4.79 Å². The van der Waals surface area contributed by atoms with Crippen LogP contribution in [0.25, 0.3) is 0 Å². The molecule has 2 nitrogen and oxygen atoms in total. The van der Waals surface area contributed by atoms with Gasteiger partial charge in [-0.25, -0.2) is 0 Å². The highest BCUT2D eigenvalue weighted by molar-refractivity contribution is 7.12. The van der Waals surface area contributed by atoms with Gasteiger partial charge in [-0.1, -0.05) is 27.7 Å². The fraction of sp³-hybridized carbons (Fsp3) is 0.583. The summed E-state index contributed by atoms with van der Waals surface area (Å²) >= 11 is 1.70. The van der Waals surface area contributed by atoms with Gasteiger partial charge in [0.05, 0.1) is 5.92 Å². The zero-order valence-electron chi connectivity index (χ0n) is 9.78. The molecule has 0 saturated heterocycles. The van der Waals surface area contributed by atoms with Gasteiger partial charge in [0, 0.05) is 9.75 Å². The van der Waals surface area contributed by atoms with E-state index in [1.165, 1.54) is 4.88 Å². The van der Waals surface area contributed by atoms with Gasteiger partial charge in [0.15, 0.2) is 0 Å². The maximum atomic E-state index is 11.3. The quantitative estimate of drug-likeness (QED) is 0.840. The first-order valence-electron chi connectivity index (χ1n) is 5.32. The lowest BCUT2D eigenvalue weighted by Gasteiger charge is -2.15. The highest BCUT2D eigenvalue weighted by atomic mass is 32.1.